The number of amides is 1. The van der Waals surface area contributed by atoms with Gasteiger partial charge in [0.05, 0.1) is 19.0 Å². The topological polar surface area (TPSA) is 77.2 Å². The Bertz CT molecular complexity index is 338. The van der Waals surface area contributed by atoms with Crippen LogP contribution in [0.25, 0.3) is 0 Å². The molecule has 0 fully saturated rings. The van der Waals surface area contributed by atoms with E-state index >= 15 is 0 Å². The Hall–Kier alpha value is -0.760. The normalized spacial score (nSPS) is 10.3. The number of hydrogen-bond acceptors (Lipinski definition) is 6. The third kappa shape index (κ3) is 7.54. The molecule has 7 heteroatoms. The van der Waals surface area contributed by atoms with Gasteiger partial charge in [0.25, 0.3) is 0 Å². The van der Waals surface area contributed by atoms with Crippen molar-refractivity contribution in [1.29, 1.82) is 0 Å². The lowest BCUT2D eigenvalue weighted by Crippen LogP contribution is -2.29. The molecule has 0 aliphatic rings. The zero-order chi connectivity index (χ0) is 13.1. The van der Waals surface area contributed by atoms with Crippen molar-refractivity contribution >= 4 is 27.5 Å². The molecule has 0 aromatic carbocycles. The predicted molar refractivity (Wildman–Crippen MR) is 75.4 cm³/mol. The molecule has 0 radical (unpaired) electrons. The molecule has 0 saturated heterocycles. The smallest absolute Gasteiger partial charge is 0.230 e. The summed E-state index contributed by atoms with van der Waals surface area (Å²) >= 11 is 0. The molecule has 0 aliphatic heterocycles. The second kappa shape index (κ2) is 10.2. The molecule has 0 unspecified atom stereocenters. The van der Waals surface area contributed by atoms with Gasteiger partial charge in [-0.15, -0.1) is 0 Å². The summed E-state index contributed by atoms with van der Waals surface area (Å²) in [6, 6.07) is 5.70. The Labute approximate surface area is 115 Å². The first-order valence-electron chi connectivity index (χ1n) is 5.58. The van der Waals surface area contributed by atoms with Crippen molar-refractivity contribution < 1.29 is 9.53 Å². The van der Waals surface area contributed by atoms with Crippen molar-refractivity contribution in [2.24, 2.45) is 5.73 Å². The summed E-state index contributed by atoms with van der Waals surface area (Å²) in [5, 5.41) is 3.67. The Morgan fingerprint density at radius 3 is 3.06 bits per heavy atom. The maximum atomic E-state index is 11.4. The van der Waals surface area contributed by atoms with Gasteiger partial charge >= 0.3 is 0 Å². The van der Waals surface area contributed by atoms with Gasteiger partial charge in [-0.1, -0.05) is 16.9 Å². The van der Waals surface area contributed by atoms with Crippen LogP contribution in [0, 0.1) is 0 Å². The average Bonchev–Trinajstić information content (AvgIpc) is 2.40. The monoisotopic (exact) mass is 287 g/mol. The van der Waals surface area contributed by atoms with Crippen molar-refractivity contribution in [3.8, 4) is 0 Å². The Morgan fingerprint density at radius 1 is 1.44 bits per heavy atom. The third-order valence-corrected chi connectivity index (χ3v) is 3.93. The molecule has 100 valence electrons. The van der Waals surface area contributed by atoms with Gasteiger partial charge in [-0.2, -0.15) is 0 Å². The van der Waals surface area contributed by atoms with Gasteiger partial charge in [-0.05, 0) is 22.9 Å². The van der Waals surface area contributed by atoms with Crippen LogP contribution in [0.15, 0.2) is 29.4 Å². The third-order valence-electron chi connectivity index (χ3n) is 1.80. The zero-order valence-electron chi connectivity index (χ0n) is 10.0. The number of nitrogens with zero attached hydrogens (tertiary/aromatic N) is 1. The Morgan fingerprint density at radius 2 is 2.33 bits per heavy atom. The van der Waals surface area contributed by atoms with E-state index in [1.165, 1.54) is 21.6 Å². The molecule has 1 amide bonds. The molecule has 0 saturated carbocycles. The van der Waals surface area contributed by atoms with Gasteiger partial charge in [-0.25, -0.2) is 4.98 Å². The number of pyridine rings is 1. The van der Waals surface area contributed by atoms with Gasteiger partial charge in [-0.3, -0.25) is 4.79 Å². The fraction of sp³-hybridized carbons (Fsp3) is 0.455. The standard InChI is InChI=1S/C11H17N3O2S2/c12-4-7-16-8-6-13-10(15)9-17-18-11-3-1-2-5-14-11/h1-3,5H,4,6-9,12H2,(H,13,15). The van der Waals surface area contributed by atoms with Gasteiger partial charge < -0.3 is 15.8 Å². The summed E-state index contributed by atoms with van der Waals surface area (Å²) in [7, 11) is 2.96. The molecule has 1 heterocycles. The first-order valence-corrected chi connectivity index (χ1v) is 7.90. The van der Waals surface area contributed by atoms with Crippen LogP contribution in [0.4, 0.5) is 0 Å². The van der Waals surface area contributed by atoms with E-state index in [0.29, 0.717) is 32.1 Å². The molecule has 3 N–H and O–H groups in total. The molecular formula is C11H17N3O2S2. The second-order valence-electron chi connectivity index (χ2n) is 3.26. The van der Waals surface area contributed by atoms with E-state index in [1.54, 1.807) is 6.20 Å². The summed E-state index contributed by atoms with van der Waals surface area (Å²) in [5.74, 6) is 0.401. The SMILES string of the molecule is NCCOCCNC(=O)CSSc1ccccn1. The fourth-order valence-electron chi connectivity index (χ4n) is 1.04. The summed E-state index contributed by atoms with van der Waals surface area (Å²) < 4.78 is 5.15. The predicted octanol–water partition coefficient (Wildman–Crippen LogP) is 0.913. The lowest BCUT2D eigenvalue weighted by atomic mass is 10.5. The molecule has 1 aromatic heterocycles. The number of rotatable bonds is 9. The van der Waals surface area contributed by atoms with Gasteiger partial charge in [0.2, 0.25) is 5.91 Å². The van der Waals surface area contributed by atoms with Crippen molar-refractivity contribution in [3.05, 3.63) is 24.4 Å². The van der Waals surface area contributed by atoms with E-state index < -0.39 is 0 Å². The second-order valence-corrected chi connectivity index (χ2v) is 5.58. The van der Waals surface area contributed by atoms with Gasteiger partial charge in [0.15, 0.2) is 0 Å². The zero-order valence-corrected chi connectivity index (χ0v) is 11.6. The number of ether oxygens (including phenoxy) is 1. The maximum absolute atomic E-state index is 11.4. The highest BCUT2D eigenvalue weighted by atomic mass is 33.1. The van der Waals surface area contributed by atoms with E-state index in [9.17, 15) is 4.79 Å². The maximum Gasteiger partial charge on any atom is 0.230 e. The summed E-state index contributed by atoms with van der Waals surface area (Å²) in [6.45, 7) is 2.05. The fourth-order valence-corrected chi connectivity index (χ4v) is 2.82. The van der Waals surface area contributed by atoms with E-state index in [0.717, 1.165) is 5.03 Å². The van der Waals surface area contributed by atoms with Crippen molar-refractivity contribution in [2.45, 2.75) is 5.03 Å². The first kappa shape index (κ1) is 15.3. The lowest BCUT2D eigenvalue weighted by Gasteiger charge is -2.05. The Kier molecular flexibility index (Phi) is 8.66. The van der Waals surface area contributed by atoms with Crippen molar-refractivity contribution in [1.82, 2.24) is 10.3 Å². The van der Waals surface area contributed by atoms with Crippen LogP contribution in [0.1, 0.15) is 0 Å². The van der Waals surface area contributed by atoms with E-state index in [-0.39, 0.29) is 5.91 Å². The summed E-state index contributed by atoms with van der Waals surface area (Å²) in [4.78, 5) is 15.6. The van der Waals surface area contributed by atoms with Crippen LogP contribution < -0.4 is 11.1 Å². The molecule has 1 rings (SSSR count). The van der Waals surface area contributed by atoms with E-state index in [2.05, 4.69) is 10.3 Å². The van der Waals surface area contributed by atoms with Crippen molar-refractivity contribution in [3.63, 3.8) is 0 Å². The van der Waals surface area contributed by atoms with Crippen LogP contribution in [0.3, 0.4) is 0 Å². The highest BCUT2D eigenvalue weighted by Crippen LogP contribution is 2.28. The molecule has 1 aromatic rings. The molecular weight excluding hydrogens is 270 g/mol. The highest BCUT2D eigenvalue weighted by Gasteiger charge is 2.02. The molecule has 0 bridgehead atoms. The number of carbonyl (C=O) groups is 1. The number of carbonyl (C=O) groups excluding carboxylic acids is 1. The Balaban J connectivity index is 2.00. The van der Waals surface area contributed by atoms with E-state index in [4.69, 9.17) is 10.5 Å². The van der Waals surface area contributed by atoms with Crippen LogP contribution in [-0.2, 0) is 9.53 Å². The van der Waals surface area contributed by atoms with Crippen LogP contribution in [0.5, 0.6) is 0 Å². The lowest BCUT2D eigenvalue weighted by molar-refractivity contribution is -0.118. The summed E-state index contributed by atoms with van der Waals surface area (Å²) in [6.07, 6.45) is 1.73. The minimum Gasteiger partial charge on any atom is -0.378 e. The number of nitrogens with two attached hydrogens (primary N) is 1. The largest absolute Gasteiger partial charge is 0.378 e. The molecule has 0 atom stereocenters. The van der Waals surface area contributed by atoms with Gasteiger partial charge in [0, 0.05) is 19.3 Å². The highest BCUT2D eigenvalue weighted by molar-refractivity contribution is 8.76. The van der Waals surface area contributed by atoms with Crippen LogP contribution in [-0.4, -0.2) is 42.9 Å². The minimum atomic E-state index is -0.000204. The molecule has 5 nitrogen and oxygen atoms in total. The average molecular weight is 287 g/mol. The van der Waals surface area contributed by atoms with E-state index in [1.807, 2.05) is 18.2 Å². The summed E-state index contributed by atoms with van der Waals surface area (Å²) in [5.41, 5.74) is 5.27. The molecule has 0 aliphatic carbocycles. The molecule has 18 heavy (non-hydrogen) atoms. The van der Waals surface area contributed by atoms with Crippen molar-refractivity contribution in [2.75, 3.05) is 32.1 Å². The quantitative estimate of drug-likeness (QED) is 0.519. The van der Waals surface area contributed by atoms with Gasteiger partial charge in [0.1, 0.15) is 5.03 Å². The van der Waals surface area contributed by atoms with Crippen LogP contribution >= 0.6 is 21.6 Å². The number of nitrogens with one attached hydrogen (secondary N) is 1. The minimum absolute atomic E-state index is 0.000204. The number of hydrogen-bond donors (Lipinski definition) is 2. The molecule has 0 spiro atoms. The number of aromatic nitrogens is 1. The first-order chi connectivity index (χ1) is 8.83. The van der Waals surface area contributed by atoms with Crippen LogP contribution in [0.2, 0.25) is 0 Å².